The number of carbonyl (C=O) groups excluding carboxylic acids is 3. The van der Waals surface area contributed by atoms with Gasteiger partial charge in [-0.2, -0.15) is 0 Å². The first-order valence-electron chi connectivity index (χ1n) is 11.0. The fourth-order valence-electron chi connectivity index (χ4n) is 5.02. The van der Waals surface area contributed by atoms with E-state index in [0.29, 0.717) is 31.1 Å². The summed E-state index contributed by atoms with van der Waals surface area (Å²) in [5.74, 6) is -0.0669. The lowest BCUT2D eigenvalue weighted by atomic mass is 9.71. The topological polar surface area (TPSA) is 90.0 Å². The third-order valence-corrected chi connectivity index (χ3v) is 7.00. The molecule has 7 nitrogen and oxygen atoms in total. The highest BCUT2D eigenvalue weighted by atomic mass is 16.3. The quantitative estimate of drug-likeness (QED) is 0.743. The number of likely N-dealkylation sites (tertiary alicyclic amines) is 1. The van der Waals surface area contributed by atoms with Crippen molar-refractivity contribution in [1.82, 2.24) is 10.2 Å². The lowest BCUT2D eigenvalue weighted by Crippen LogP contribution is -2.55. The smallest absolute Gasteiger partial charge is 0.329 e. The summed E-state index contributed by atoms with van der Waals surface area (Å²) in [6, 6.07) is 6.03. The summed E-state index contributed by atoms with van der Waals surface area (Å²) in [7, 11) is 0. The Morgan fingerprint density at radius 1 is 1.20 bits per heavy atom. The van der Waals surface area contributed by atoms with E-state index in [1.54, 1.807) is 17.0 Å². The predicted molar refractivity (Wildman–Crippen MR) is 113 cm³/mol. The van der Waals surface area contributed by atoms with Gasteiger partial charge in [0.15, 0.2) is 0 Å². The molecule has 4 rings (SSSR count). The van der Waals surface area contributed by atoms with Gasteiger partial charge in [-0.05, 0) is 42.9 Å². The number of hydrogen-bond donors (Lipinski definition) is 2. The summed E-state index contributed by atoms with van der Waals surface area (Å²) < 4.78 is 0. The van der Waals surface area contributed by atoms with E-state index >= 15 is 0 Å². The van der Waals surface area contributed by atoms with Crippen molar-refractivity contribution in [2.45, 2.75) is 69.9 Å². The third-order valence-electron chi connectivity index (χ3n) is 7.00. The van der Waals surface area contributed by atoms with Crippen molar-refractivity contribution >= 4 is 23.5 Å². The molecule has 2 saturated heterocycles. The van der Waals surface area contributed by atoms with Crippen LogP contribution in [-0.2, 0) is 9.59 Å². The van der Waals surface area contributed by atoms with E-state index < -0.39 is 23.6 Å². The maximum absolute atomic E-state index is 12.9. The molecule has 30 heavy (non-hydrogen) atoms. The van der Waals surface area contributed by atoms with Crippen LogP contribution in [0.2, 0.25) is 0 Å². The number of imide groups is 1. The van der Waals surface area contributed by atoms with Gasteiger partial charge in [-0.3, -0.25) is 9.59 Å². The predicted octanol–water partition coefficient (Wildman–Crippen LogP) is 2.78. The number of anilines is 1. The molecular weight excluding hydrogens is 382 g/mol. The molecule has 1 aliphatic carbocycles. The van der Waals surface area contributed by atoms with Crippen molar-refractivity contribution in [2.24, 2.45) is 5.92 Å². The highest BCUT2D eigenvalue weighted by Crippen LogP contribution is 2.40. The molecule has 1 aromatic rings. The molecule has 1 aromatic carbocycles. The Morgan fingerprint density at radius 2 is 1.93 bits per heavy atom. The molecular formula is C23H31N3O4. The summed E-state index contributed by atoms with van der Waals surface area (Å²) in [5.41, 5.74) is 0.998. The van der Waals surface area contributed by atoms with E-state index in [0.717, 1.165) is 36.1 Å². The molecule has 2 unspecified atom stereocenters. The van der Waals surface area contributed by atoms with Crippen LogP contribution in [0.1, 0.15) is 63.9 Å². The van der Waals surface area contributed by atoms with Gasteiger partial charge in [0, 0.05) is 19.0 Å². The average Bonchev–Trinajstić information content (AvgIpc) is 3.00. The van der Waals surface area contributed by atoms with Crippen LogP contribution in [0, 0.1) is 5.92 Å². The average molecular weight is 414 g/mol. The minimum Gasteiger partial charge on any atom is -0.389 e. The van der Waals surface area contributed by atoms with Gasteiger partial charge in [-0.25, -0.2) is 9.69 Å². The van der Waals surface area contributed by atoms with Crippen molar-refractivity contribution in [2.75, 3.05) is 18.0 Å². The summed E-state index contributed by atoms with van der Waals surface area (Å²) in [4.78, 5) is 41.0. The highest BCUT2D eigenvalue weighted by Gasteiger charge is 2.45. The number of piperidine rings is 1. The number of carbonyl (C=O) groups is 3. The normalized spacial score (nSPS) is 29.2. The highest BCUT2D eigenvalue weighted by molar-refractivity contribution is 6.22. The lowest BCUT2D eigenvalue weighted by molar-refractivity contribution is -0.144. The van der Waals surface area contributed by atoms with Crippen LogP contribution in [0.5, 0.6) is 0 Å². The van der Waals surface area contributed by atoms with Crippen LogP contribution in [0.15, 0.2) is 24.3 Å². The zero-order chi connectivity index (χ0) is 21.5. The van der Waals surface area contributed by atoms with Crippen LogP contribution in [-0.4, -0.2) is 52.6 Å². The number of benzene rings is 1. The Bertz CT molecular complexity index is 837. The maximum Gasteiger partial charge on any atom is 0.329 e. The zero-order valence-corrected chi connectivity index (χ0v) is 17.8. The third kappa shape index (κ3) is 3.83. The summed E-state index contributed by atoms with van der Waals surface area (Å²) >= 11 is 0. The largest absolute Gasteiger partial charge is 0.389 e. The summed E-state index contributed by atoms with van der Waals surface area (Å²) in [5, 5.41) is 13.5. The maximum atomic E-state index is 12.9. The van der Waals surface area contributed by atoms with Gasteiger partial charge in [-0.1, -0.05) is 38.8 Å². The molecule has 3 fully saturated rings. The van der Waals surface area contributed by atoms with Crippen molar-refractivity contribution < 1.29 is 19.5 Å². The number of rotatable bonds is 4. The molecule has 0 radical (unpaired) electrons. The fourth-order valence-corrected chi connectivity index (χ4v) is 5.02. The number of nitrogens with one attached hydrogen (secondary N) is 1. The van der Waals surface area contributed by atoms with E-state index in [2.05, 4.69) is 19.2 Å². The zero-order valence-electron chi connectivity index (χ0n) is 17.8. The van der Waals surface area contributed by atoms with Gasteiger partial charge >= 0.3 is 6.03 Å². The van der Waals surface area contributed by atoms with E-state index in [9.17, 15) is 19.5 Å². The number of amides is 4. The van der Waals surface area contributed by atoms with Gasteiger partial charge in [0.25, 0.3) is 5.91 Å². The Labute approximate surface area is 177 Å². The molecule has 3 aliphatic rings. The molecule has 7 heteroatoms. The number of urea groups is 1. The molecule has 3 atom stereocenters. The van der Waals surface area contributed by atoms with Crippen LogP contribution < -0.4 is 10.2 Å². The first kappa shape index (κ1) is 20.8. The number of aliphatic hydroxyl groups is 1. The first-order chi connectivity index (χ1) is 14.3. The van der Waals surface area contributed by atoms with Crippen molar-refractivity contribution in [1.29, 1.82) is 0 Å². The Hall–Kier alpha value is -2.41. The van der Waals surface area contributed by atoms with Gasteiger partial charge < -0.3 is 15.3 Å². The van der Waals surface area contributed by atoms with Crippen LogP contribution in [0.3, 0.4) is 0 Å². The van der Waals surface area contributed by atoms with E-state index in [1.807, 2.05) is 12.1 Å². The van der Waals surface area contributed by atoms with Gasteiger partial charge in [-0.15, -0.1) is 0 Å². The first-order valence-corrected chi connectivity index (χ1v) is 11.0. The van der Waals surface area contributed by atoms with Crippen LogP contribution >= 0.6 is 0 Å². The van der Waals surface area contributed by atoms with E-state index in [4.69, 9.17) is 0 Å². The molecule has 1 saturated carbocycles. The minimum absolute atomic E-state index is 0.0453. The molecule has 162 valence electrons. The van der Waals surface area contributed by atoms with Crippen molar-refractivity contribution in [3.8, 4) is 0 Å². The van der Waals surface area contributed by atoms with Gasteiger partial charge in [0.1, 0.15) is 6.04 Å². The molecule has 0 bridgehead atoms. The molecule has 2 heterocycles. The number of fused-ring (bicyclic) bond motifs is 1. The second kappa shape index (κ2) is 8.02. The number of hydrogen-bond acceptors (Lipinski definition) is 4. The lowest BCUT2D eigenvalue weighted by Gasteiger charge is -2.47. The molecule has 0 spiro atoms. The van der Waals surface area contributed by atoms with Crippen LogP contribution in [0.4, 0.5) is 10.5 Å². The SMILES string of the molecule is CC(C)c1ccc(N2C(=O)N[C@@H](CC(=O)N3CCC4(O)CCCCC4C3)C2=O)cc1. The van der Waals surface area contributed by atoms with Crippen molar-refractivity contribution in [3.05, 3.63) is 29.8 Å². The molecule has 2 aliphatic heterocycles. The number of nitrogens with zero attached hydrogens (tertiary/aromatic N) is 2. The Morgan fingerprint density at radius 3 is 2.63 bits per heavy atom. The van der Waals surface area contributed by atoms with Crippen molar-refractivity contribution in [3.63, 3.8) is 0 Å². The Kier molecular flexibility index (Phi) is 5.57. The standard InChI is InChI=1S/C23H31N3O4/c1-15(2)16-6-8-18(9-7-16)26-21(28)19(24-22(26)29)13-20(27)25-12-11-23(30)10-4-3-5-17(23)14-25/h6-9,15,17,19,30H,3-5,10-14H2,1-2H3,(H,24,29)/t17?,19-,23?/m0/s1. The second-order valence-electron chi connectivity index (χ2n) is 9.26. The molecule has 0 aromatic heterocycles. The Balaban J connectivity index is 1.40. The monoisotopic (exact) mass is 413 g/mol. The minimum atomic E-state index is -0.845. The second-order valence-corrected chi connectivity index (χ2v) is 9.26. The van der Waals surface area contributed by atoms with E-state index in [1.165, 1.54) is 0 Å². The molecule has 4 amide bonds. The van der Waals surface area contributed by atoms with Gasteiger partial charge in [0.05, 0.1) is 17.7 Å². The summed E-state index contributed by atoms with van der Waals surface area (Å²) in [6.07, 6.45) is 4.40. The fraction of sp³-hybridized carbons (Fsp3) is 0.609. The summed E-state index contributed by atoms with van der Waals surface area (Å²) in [6.45, 7) is 5.20. The molecule has 2 N–H and O–H groups in total. The van der Waals surface area contributed by atoms with Crippen LogP contribution in [0.25, 0.3) is 0 Å². The van der Waals surface area contributed by atoms with Gasteiger partial charge in [0.2, 0.25) is 5.91 Å². The van der Waals surface area contributed by atoms with E-state index in [-0.39, 0.29) is 18.2 Å².